The largest absolute Gasteiger partial charge is 0.309 e. The topological polar surface area (TPSA) is 86.4 Å². The molecule has 160 valence electrons. The fourth-order valence-electron chi connectivity index (χ4n) is 3.87. The zero-order valence-corrected chi connectivity index (χ0v) is 19.1. The van der Waals surface area contributed by atoms with Gasteiger partial charge in [0.05, 0.1) is 17.7 Å². The molecule has 1 fully saturated rings. The molecule has 0 amide bonds. The number of nitrogens with zero attached hydrogens (tertiary/aromatic N) is 3. The Bertz CT molecular complexity index is 1220. The van der Waals surface area contributed by atoms with Gasteiger partial charge >= 0.3 is 0 Å². The van der Waals surface area contributed by atoms with Crippen LogP contribution in [-0.4, -0.2) is 59.5 Å². The predicted octanol–water partition coefficient (Wildman–Crippen LogP) is 2.74. The van der Waals surface area contributed by atoms with Crippen molar-refractivity contribution in [1.29, 1.82) is 0 Å². The molecule has 1 aromatic carbocycles. The maximum atomic E-state index is 12.9. The van der Waals surface area contributed by atoms with E-state index in [0.717, 1.165) is 20.8 Å². The third kappa shape index (κ3) is 4.07. The van der Waals surface area contributed by atoms with Crippen LogP contribution in [0.2, 0.25) is 0 Å². The number of aromatic amines is 1. The highest BCUT2D eigenvalue weighted by Gasteiger charge is 2.26. The standard InChI is InChI=1S/C21H26N4O3S2/c1-4-30(27,28)25-11-9-24(10-12-25)13-17-22-20(26)19-18(15(3)29-21(19)23-17)16-7-5-14(2)6-8-16/h5-8H,4,9-13H2,1-3H3,(H,22,23,26). The smallest absolute Gasteiger partial charge is 0.260 e. The average molecular weight is 447 g/mol. The van der Waals surface area contributed by atoms with E-state index in [1.807, 2.05) is 38.1 Å². The number of hydrogen-bond donors (Lipinski definition) is 1. The van der Waals surface area contributed by atoms with Crippen molar-refractivity contribution in [3.8, 4) is 11.1 Å². The number of nitrogens with one attached hydrogen (secondary N) is 1. The molecule has 9 heteroatoms. The van der Waals surface area contributed by atoms with Gasteiger partial charge in [0.25, 0.3) is 5.56 Å². The van der Waals surface area contributed by atoms with Crippen molar-refractivity contribution in [2.75, 3.05) is 31.9 Å². The van der Waals surface area contributed by atoms with Gasteiger partial charge in [-0.15, -0.1) is 11.3 Å². The lowest BCUT2D eigenvalue weighted by Gasteiger charge is -2.33. The van der Waals surface area contributed by atoms with Crippen molar-refractivity contribution in [1.82, 2.24) is 19.2 Å². The number of fused-ring (bicyclic) bond motifs is 1. The molecule has 0 spiro atoms. The summed E-state index contributed by atoms with van der Waals surface area (Å²) in [5, 5.41) is 0.643. The van der Waals surface area contributed by atoms with Gasteiger partial charge in [-0.3, -0.25) is 9.69 Å². The third-order valence-electron chi connectivity index (χ3n) is 5.59. The molecule has 0 atom stereocenters. The third-order valence-corrected chi connectivity index (χ3v) is 8.47. The highest BCUT2D eigenvalue weighted by Crippen LogP contribution is 2.35. The number of thiophene rings is 1. The van der Waals surface area contributed by atoms with Gasteiger partial charge in [0.2, 0.25) is 10.0 Å². The van der Waals surface area contributed by atoms with Gasteiger partial charge in [0, 0.05) is 36.6 Å². The van der Waals surface area contributed by atoms with Crippen molar-refractivity contribution < 1.29 is 8.42 Å². The number of rotatable bonds is 5. The Morgan fingerprint density at radius 1 is 1.10 bits per heavy atom. The Kier molecular flexibility index (Phi) is 5.80. The molecule has 0 saturated carbocycles. The van der Waals surface area contributed by atoms with Gasteiger partial charge in [-0.25, -0.2) is 13.4 Å². The first-order valence-corrected chi connectivity index (χ1v) is 12.5. The second-order valence-electron chi connectivity index (χ2n) is 7.67. The molecule has 0 unspecified atom stereocenters. The van der Waals surface area contributed by atoms with E-state index < -0.39 is 10.0 Å². The first-order chi connectivity index (χ1) is 14.3. The lowest BCUT2D eigenvalue weighted by Crippen LogP contribution is -2.48. The molecule has 1 N–H and O–H groups in total. The SMILES string of the molecule is CCS(=O)(=O)N1CCN(Cc2nc3sc(C)c(-c4ccc(C)cc4)c3c(=O)[nH]2)CC1. The molecule has 1 aliphatic heterocycles. The van der Waals surface area contributed by atoms with E-state index in [0.29, 0.717) is 43.9 Å². The lowest BCUT2D eigenvalue weighted by molar-refractivity contribution is 0.178. The maximum Gasteiger partial charge on any atom is 0.260 e. The summed E-state index contributed by atoms with van der Waals surface area (Å²) in [4.78, 5) is 24.6. The van der Waals surface area contributed by atoms with E-state index in [1.165, 1.54) is 16.9 Å². The summed E-state index contributed by atoms with van der Waals surface area (Å²) in [5.41, 5.74) is 3.03. The van der Waals surface area contributed by atoms with Crippen molar-refractivity contribution in [2.24, 2.45) is 0 Å². The second kappa shape index (κ2) is 8.22. The molecular formula is C21H26N4O3S2. The summed E-state index contributed by atoms with van der Waals surface area (Å²) >= 11 is 1.54. The molecule has 2 aromatic heterocycles. The van der Waals surface area contributed by atoms with E-state index in [2.05, 4.69) is 9.88 Å². The van der Waals surface area contributed by atoms with Crippen LogP contribution < -0.4 is 5.56 Å². The molecule has 7 nitrogen and oxygen atoms in total. The van der Waals surface area contributed by atoms with Crippen molar-refractivity contribution in [3.05, 3.63) is 50.9 Å². The number of H-pyrrole nitrogens is 1. The van der Waals surface area contributed by atoms with E-state index in [4.69, 9.17) is 4.98 Å². The van der Waals surface area contributed by atoms with Crippen molar-refractivity contribution in [2.45, 2.75) is 27.3 Å². The average Bonchev–Trinajstić information content (AvgIpc) is 3.05. The molecule has 0 radical (unpaired) electrons. The summed E-state index contributed by atoms with van der Waals surface area (Å²) in [7, 11) is -3.15. The Morgan fingerprint density at radius 3 is 2.40 bits per heavy atom. The Morgan fingerprint density at radius 2 is 1.77 bits per heavy atom. The van der Waals surface area contributed by atoms with Crippen LogP contribution in [0.4, 0.5) is 0 Å². The monoisotopic (exact) mass is 446 g/mol. The lowest BCUT2D eigenvalue weighted by atomic mass is 10.0. The molecule has 1 saturated heterocycles. The summed E-state index contributed by atoms with van der Waals surface area (Å²) in [6.07, 6.45) is 0. The van der Waals surface area contributed by atoms with E-state index >= 15 is 0 Å². The first-order valence-electron chi connectivity index (χ1n) is 10.1. The van der Waals surface area contributed by atoms with Crippen molar-refractivity contribution in [3.63, 3.8) is 0 Å². The molecule has 3 heterocycles. The molecular weight excluding hydrogens is 420 g/mol. The van der Waals surface area contributed by atoms with Gasteiger partial charge in [-0.1, -0.05) is 29.8 Å². The normalized spacial score (nSPS) is 16.4. The fourth-order valence-corrected chi connectivity index (χ4v) is 6.02. The Balaban J connectivity index is 1.58. The van der Waals surface area contributed by atoms with E-state index in [-0.39, 0.29) is 11.3 Å². The molecule has 1 aliphatic rings. The second-order valence-corrected chi connectivity index (χ2v) is 11.1. The quantitative estimate of drug-likeness (QED) is 0.651. The van der Waals surface area contributed by atoms with Gasteiger partial charge < -0.3 is 4.98 Å². The zero-order chi connectivity index (χ0) is 21.5. The number of hydrogen-bond acceptors (Lipinski definition) is 6. The first kappa shape index (κ1) is 21.2. The van der Waals surface area contributed by atoms with Crippen LogP contribution in [0, 0.1) is 13.8 Å². The summed E-state index contributed by atoms with van der Waals surface area (Å²) < 4.78 is 25.6. The van der Waals surface area contributed by atoms with Crippen LogP contribution in [0.5, 0.6) is 0 Å². The van der Waals surface area contributed by atoms with Crippen LogP contribution in [0.3, 0.4) is 0 Å². The Hall–Kier alpha value is -2.07. The Labute approximate surface area is 180 Å². The number of sulfonamides is 1. The minimum absolute atomic E-state index is 0.123. The maximum absolute atomic E-state index is 12.9. The number of aromatic nitrogens is 2. The zero-order valence-electron chi connectivity index (χ0n) is 17.4. The summed E-state index contributed by atoms with van der Waals surface area (Å²) in [6, 6.07) is 8.18. The van der Waals surface area contributed by atoms with Crippen LogP contribution in [0.25, 0.3) is 21.3 Å². The van der Waals surface area contributed by atoms with Crippen LogP contribution in [-0.2, 0) is 16.6 Å². The number of benzene rings is 1. The van der Waals surface area contributed by atoms with Gasteiger partial charge in [-0.2, -0.15) is 4.31 Å². The highest BCUT2D eigenvalue weighted by molar-refractivity contribution is 7.89. The summed E-state index contributed by atoms with van der Waals surface area (Å²) in [6.45, 7) is 8.42. The van der Waals surface area contributed by atoms with E-state index in [1.54, 1.807) is 11.2 Å². The number of aryl methyl sites for hydroxylation is 2. The molecule has 3 aromatic rings. The number of piperazine rings is 1. The molecule has 30 heavy (non-hydrogen) atoms. The summed E-state index contributed by atoms with van der Waals surface area (Å²) in [5.74, 6) is 0.746. The fraction of sp³-hybridized carbons (Fsp3) is 0.429. The van der Waals surface area contributed by atoms with Crippen molar-refractivity contribution >= 4 is 31.6 Å². The van der Waals surface area contributed by atoms with Crippen LogP contribution in [0.15, 0.2) is 29.1 Å². The van der Waals surface area contributed by atoms with Gasteiger partial charge in [-0.05, 0) is 26.3 Å². The van der Waals surface area contributed by atoms with Gasteiger partial charge in [0.15, 0.2) is 0 Å². The molecule has 0 bridgehead atoms. The minimum atomic E-state index is -3.15. The molecule has 4 rings (SSSR count). The van der Waals surface area contributed by atoms with Gasteiger partial charge in [0.1, 0.15) is 10.7 Å². The minimum Gasteiger partial charge on any atom is -0.309 e. The highest BCUT2D eigenvalue weighted by atomic mass is 32.2. The van der Waals surface area contributed by atoms with Crippen LogP contribution in [0.1, 0.15) is 23.2 Å². The molecule has 0 aliphatic carbocycles. The van der Waals surface area contributed by atoms with E-state index in [9.17, 15) is 13.2 Å². The van der Waals surface area contributed by atoms with Crippen LogP contribution >= 0.6 is 11.3 Å². The predicted molar refractivity (Wildman–Crippen MR) is 121 cm³/mol.